The molecule has 1 N–H and O–H groups in total. The number of likely N-dealkylation sites (tertiary alicyclic amines) is 1. The van der Waals surface area contributed by atoms with Crippen LogP contribution in [0.15, 0.2) is 36.7 Å². The number of nitrogens with zero attached hydrogens (tertiary/aromatic N) is 3. The molecule has 1 atom stereocenters. The highest BCUT2D eigenvalue weighted by Crippen LogP contribution is 2.39. The number of piperidine rings is 1. The van der Waals surface area contributed by atoms with Crippen molar-refractivity contribution < 1.29 is 4.79 Å². The number of urea groups is 1. The van der Waals surface area contributed by atoms with Gasteiger partial charge in [-0.15, -0.1) is 0 Å². The number of halogens is 1. The smallest absolute Gasteiger partial charge is 0.321 e. The van der Waals surface area contributed by atoms with Crippen LogP contribution in [0.2, 0.25) is 5.02 Å². The van der Waals surface area contributed by atoms with E-state index in [1.165, 1.54) is 18.4 Å². The fraction of sp³-hybridized carbons (Fsp3) is 0.500. The molecular weight excluding hydrogens is 348 g/mol. The monoisotopic (exact) mass is 372 g/mol. The SMILES string of the molecule is CC(C1CC1)n1cc(NC(=O)N2CCC(c3ccc(Cl)cc3)CC2)cn1. The lowest BCUT2D eigenvalue weighted by molar-refractivity contribution is 0.194. The molecule has 1 aromatic heterocycles. The van der Waals surface area contributed by atoms with E-state index in [1.807, 2.05) is 27.9 Å². The number of rotatable bonds is 4. The quantitative estimate of drug-likeness (QED) is 0.828. The van der Waals surface area contributed by atoms with Gasteiger partial charge in [0.15, 0.2) is 0 Å². The van der Waals surface area contributed by atoms with Crippen molar-refractivity contribution in [2.75, 3.05) is 18.4 Å². The summed E-state index contributed by atoms with van der Waals surface area (Å²) in [7, 11) is 0. The van der Waals surface area contributed by atoms with Crippen LogP contribution in [0.1, 0.15) is 50.1 Å². The summed E-state index contributed by atoms with van der Waals surface area (Å²) in [6.07, 6.45) is 8.22. The maximum absolute atomic E-state index is 12.5. The van der Waals surface area contributed by atoms with Gasteiger partial charge in [0.05, 0.1) is 17.9 Å². The summed E-state index contributed by atoms with van der Waals surface area (Å²) in [5.74, 6) is 1.24. The Kier molecular flexibility index (Phi) is 4.90. The average Bonchev–Trinajstić information content (AvgIpc) is 3.41. The molecule has 1 unspecified atom stereocenters. The van der Waals surface area contributed by atoms with Gasteiger partial charge in [-0.25, -0.2) is 4.79 Å². The summed E-state index contributed by atoms with van der Waals surface area (Å²) in [6, 6.07) is 8.46. The van der Waals surface area contributed by atoms with Crippen molar-refractivity contribution in [2.24, 2.45) is 5.92 Å². The first-order chi connectivity index (χ1) is 12.6. The summed E-state index contributed by atoms with van der Waals surface area (Å²) >= 11 is 5.97. The molecule has 2 fully saturated rings. The minimum absolute atomic E-state index is 0.0295. The number of hydrogen-bond donors (Lipinski definition) is 1. The molecule has 1 aromatic carbocycles. The van der Waals surface area contributed by atoms with Gasteiger partial charge in [-0.1, -0.05) is 23.7 Å². The van der Waals surface area contributed by atoms with Crippen molar-refractivity contribution in [2.45, 2.75) is 44.6 Å². The third-order valence-corrected chi connectivity index (χ3v) is 5.95. The molecule has 2 amide bonds. The third-order valence-electron chi connectivity index (χ3n) is 5.70. The maximum atomic E-state index is 12.5. The van der Waals surface area contributed by atoms with E-state index in [0.717, 1.165) is 42.6 Å². The Morgan fingerprint density at radius 1 is 1.19 bits per heavy atom. The van der Waals surface area contributed by atoms with Crippen LogP contribution in [0.4, 0.5) is 10.5 Å². The summed E-state index contributed by atoms with van der Waals surface area (Å²) in [5.41, 5.74) is 2.09. The Hall–Kier alpha value is -2.01. The molecule has 1 aliphatic carbocycles. The topological polar surface area (TPSA) is 50.2 Å². The molecule has 138 valence electrons. The van der Waals surface area contributed by atoms with Crippen LogP contribution in [0.5, 0.6) is 0 Å². The van der Waals surface area contributed by atoms with Crippen LogP contribution >= 0.6 is 11.6 Å². The van der Waals surface area contributed by atoms with Gasteiger partial charge in [-0.3, -0.25) is 4.68 Å². The van der Waals surface area contributed by atoms with Gasteiger partial charge < -0.3 is 10.2 Å². The normalized spacial score (nSPS) is 19.4. The van der Waals surface area contributed by atoms with E-state index in [2.05, 4.69) is 29.5 Å². The van der Waals surface area contributed by atoms with Crippen LogP contribution < -0.4 is 5.32 Å². The number of nitrogens with one attached hydrogen (secondary N) is 1. The van der Waals surface area contributed by atoms with Gasteiger partial charge in [-0.2, -0.15) is 5.10 Å². The lowest BCUT2D eigenvalue weighted by Gasteiger charge is -2.32. The lowest BCUT2D eigenvalue weighted by Crippen LogP contribution is -2.40. The molecule has 2 aliphatic rings. The van der Waals surface area contributed by atoms with Crippen LogP contribution in [0, 0.1) is 5.92 Å². The Balaban J connectivity index is 1.30. The van der Waals surface area contributed by atoms with Crippen LogP contribution in [-0.2, 0) is 0 Å². The van der Waals surface area contributed by atoms with Crippen molar-refractivity contribution >= 4 is 23.3 Å². The number of benzene rings is 1. The summed E-state index contributed by atoms with van der Waals surface area (Å²) < 4.78 is 1.97. The zero-order valence-corrected chi connectivity index (χ0v) is 15.8. The highest BCUT2D eigenvalue weighted by Gasteiger charge is 2.30. The van der Waals surface area contributed by atoms with Gasteiger partial charge in [0.1, 0.15) is 0 Å². The minimum atomic E-state index is -0.0295. The Bertz CT molecular complexity index is 760. The zero-order chi connectivity index (χ0) is 18.1. The molecule has 1 saturated heterocycles. The first-order valence-electron chi connectivity index (χ1n) is 9.45. The van der Waals surface area contributed by atoms with Gasteiger partial charge in [-0.05, 0) is 62.1 Å². The zero-order valence-electron chi connectivity index (χ0n) is 15.1. The number of amides is 2. The number of anilines is 1. The highest BCUT2D eigenvalue weighted by atomic mass is 35.5. The van der Waals surface area contributed by atoms with E-state index in [4.69, 9.17) is 11.6 Å². The average molecular weight is 373 g/mol. The number of hydrogen-bond acceptors (Lipinski definition) is 2. The van der Waals surface area contributed by atoms with Gasteiger partial charge in [0, 0.05) is 24.3 Å². The van der Waals surface area contributed by atoms with Gasteiger partial charge in [0.2, 0.25) is 0 Å². The van der Waals surface area contributed by atoms with Gasteiger partial charge >= 0.3 is 6.03 Å². The van der Waals surface area contributed by atoms with Gasteiger partial charge in [0.25, 0.3) is 0 Å². The van der Waals surface area contributed by atoms with Crippen LogP contribution in [0.3, 0.4) is 0 Å². The second-order valence-electron chi connectivity index (χ2n) is 7.53. The number of aromatic nitrogens is 2. The van der Waals surface area contributed by atoms with Crippen molar-refractivity contribution in [3.05, 3.63) is 47.2 Å². The summed E-state index contributed by atoms with van der Waals surface area (Å²) in [5, 5.41) is 8.17. The minimum Gasteiger partial charge on any atom is -0.324 e. The Labute approximate surface area is 159 Å². The molecule has 26 heavy (non-hydrogen) atoms. The number of carbonyl (C=O) groups excluding carboxylic acids is 1. The first kappa shape index (κ1) is 17.4. The molecule has 1 saturated carbocycles. The maximum Gasteiger partial charge on any atom is 0.321 e. The first-order valence-corrected chi connectivity index (χ1v) is 9.83. The van der Waals surface area contributed by atoms with E-state index in [1.54, 1.807) is 6.20 Å². The van der Waals surface area contributed by atoms with Crippen molar-refractivity contribution in [3.8, 4) is 0 Å². The molecule has 0 spiro atoms. The molecule has 2 aromatic rings. The van der Waals surface area contributed by atoms with E-state index in [0.29, 0.717) is 12.0 Å². The van der Waals surface area contributed by atoms with Crippen molar-refractivity contribution in [1.29, 1.82) is 0 Å². The van der Waals surface area contributed by atoms with E-state index in [-0.39, 0.29) is 6.03 Å². The van der Waals surface area contributed by atoms with Crippen molar-refractivity contribution in [1.82, 2.24) is 14.7 Å². The molecule has 0 radical (unpaired) electrons. The molecular formula is C20H25ClN4O. The molecule has 1 aliphatic heterocycles. The summed E-state index contributed by atoms with van der Waals surface area (Å²) in [6.45, 7) is 3.73. The molecule has 2 heterocycles. The highest BCUT2D eigenvalue weighted by molar-refractivity contribution is 6.30. The third kappa shape index (κ3) is 3.88. The predicted octanol–water partition coefficient (Wildman–Crippen LogP) is 4.92. The van der Waals surface area contributed by atoms with E-state index in [9.17, 15) is 4.79 Å². The Morgan fingerprint density at radius 2 is 1.88 bits per heavy atom. The predicted molar refractivity (Wildman–Crippen MR) is 104 cm³/mol. The fourth-order valence-electron chi connectivity index (χ4n) is 3.77. The van der Waals surface area contributed by atoms with Crippen molar-refractivity contribution in [3.63, 3.8) is 0 Å². The molecule has 4 rings (SSSR count). The van der Waals surface area contributed by atoms with Crippen LogP contribution in [0.25, 0.3) is 0 Å². The Morgan fingerprint density at radius 3 is 2.54 bits per heavy atom. The second-order valence-corrected chi connectivity index (χ2v) is 7.97. The largest absolute Gasteiger partial charge is 0.324 e. The van der Waals surface area contributed by atoms with Crippen LogP contribution in [-0.4, -0.2) is 33.8 Å². The molecule has 0 bridgehead atoms. The molecule has 6 heteroatoms. The number of carbonyl (C=O) groups is 1. The fourth-order valence-corrected chi connectivity index (χ4v) is 3.90. The summed E-state index contributed by atoms with van der Waals surface area (Å²) in [4.78, 5) is 14.4. The second kappa shape index (κ2) is 7.31. The lowest BCUT2D eigenvalue weighted by atomic mass is 9.89. The van der Waals surface area contributed by atoms with E-state index >= 15 is 0 Å². The van der Waals surface area contributed by atoms with E-state index < -0.39 is 0 Å². The molecule has 5 nitrogen and oxygen atoms in total. The standard InChI is InChI=1S/C20H25ClN4O/c1-14(15-2-3-15)25-13-19(12-22-25)23-20(26)24-10-8-17(9-11-24)16-4-6-18(21)7-5-16/h4-7,12-15,17H,2-3,8-11H2,1H3,(H,23,26).